The molecular weight excluding hydrogens is 258 g/mol. The molecule has 3 nitrogen and oxygen atoms in total. The maximum atomic E-state index is 4.63. The lowest BCUT2D eigenvalue weighted by atomic mass is 10.1. The van der Waals surface area contributed by atoms with Gasteiger partial charge in [0.1, 0.15) is 5.65 Å². The highest BCUT2D eigenvalue weighted by Gasteiger charge is 2.25. The van der Waals surface area contributed by atoms with E-state index in [2.05, 4.69) is 70.0 Å². The van der Waals surface area contributed by atoms with E-state index in [1.54, 1.807) is 0 Å². The fourth-order valence-electron chi connectivity index (χ4n) is 3.45. The van der Waals surface area contributed by atoms with Crippen LogP contribution in [-0.2, 0) is 0 Å². The smallest absolute Gasteiger partial charge is 0.145 e. The fraction of sp³-hybridized carbons (Fsp3) is 0.0556. The van der Waals surface area contributed by atoms with E-state index in [1.165, 1.54) is 33.4 Å². The van der Waals surface area contributed by atoms with Crippen LogP contribution in [0.5, 0.6) is 0 Å². The van der Waals surface area contributed by atoms with Gasteiger partial charge in [-0.2, -0.15) is 0 Å². The van der Waals surface area contributed by atoms with Crippen LogP contribution in [0, 0.1) is 0 Å². The summed E-state index contributed by atoms with van der Waals surface area (Å²) < 4.78 is 2.29. The summed E-state index contributed by atoms with van der Waals surface area (Å²) in [6.45, 7) is 0. The van der Waals surface area contributed by atoms with Crippen LogP contribution in [0.25, 0.3) is 27.6 Å². The second kappa shape index (κ2) is 3.64. The quantitative estimate of drug-likeness (QED) is 0.476. The number of pyridine rings is 1. The Morgan fingerprint density at radius 2 is 1.52 bits per heavy atom. The number of aromatic nitrogens is 2. The Labute approximate surface area is 122 Å². The Bertz CT molecular complexity index is 1010. The number of anilines is 2. The first-order valence-corrected chi connectivity index (χ1v) is 7.07. The number of para-hydroxylation sites is 3. The van der Waals surface area contributed by atoms with Crippen molar-refractivity contribution in [1.82, 2.24) is 9.55 Å². The normalized spacial score (nSPS) is 12.9. The lowest BCUT2D eigenvalue weighted by Crippen LogP contribution is -2.17. The van der Waals surface area contributed by atoms with Crippen LogP contribution in [-0.4, -0.2) is 16.6 Å². The van der Waals surface area contributed by atoms with Gasteiger partial charge in [0, 0.05) is 24.0 Å². The summed E-state index contributed by atoms with van der Waals surface area (Å²) in [4.78, 5) is 6.89. The zero-order valence-electron chi connectivity index (χ0n) is 11.6. The molecule has 100 valence electrons. The predicted molar refractivity (Wildman–Crippen MR) is 86.6 cm³/mol. The highest BCUT2D eigenvalue weighted by Crippen LogP contribution is 2.44. The van der Waals surface area contributed by atoms with Crippen molar-refractivity contribution < 1.29 is 0 Å². The third kappa shape index (κ3) is 1.21. The maximum absolute atomic E-state index is 4.63. The van der Waals surface area contributed by atoms with Gasteiger partial charge in [0.15, 0.2) is 0 Å². The number of rotatable bonds is 0. The summed E-state index contributed by atoms with van der Waals surface area (Å²) >= 11 is 0. The molecule has 3 heterocycles. The SMILES string of the molecule is CN1c2ccccc2-n2c3ncccc3c3cccc1c32. The van der Waals surface area contributed by atoms with Crippen molar-refractivity contribution in [2.75, 3.05) is 11.9 Å². The molecule has 1 aliphatic rings. The predicted octanol–water partition coefficient (Wildman–Crippen LogP) is 4.26. The Hall–Kier alpha value is -2.81. The van der Waals surface area contributed by atoms with Crippen LogP contribution in [0.3, 0.4) is 0 Å². The molecule has 0 fully saturated rings. The largest absolute Gasteiger partial charge is 0.341 e. The molecule has 0 aliphatic carbocycles. The van der Waals surface area contributed by atoms with Crippen LogP contribution in [0.4, 0.5) is 11.4 Å². The zero-order valence-corrected chi connectivity index (χ0v) is 11.6. The summed E-state index contributed by atoms with van der Waals surface area (Å²) in [7, 11) is 2.13. The number of benzene rings is 2. The number of fused-ring (bicyclic) bond motifs is 5. The van der Waals surface area contributed by atoms with Gasteiger partial charge in [0.05, 0.1) is 22.6 Å². The van der Waals surface area contributed by atoms with Gasteiger partial charge in [-0.05, 0) is 30.3 Å². The van der Waals surface area contributed by atoms with E-state index in [1.807, 2.05) is 12.3 Å². The van der Waals surface area contributed by atoms with Crippen molar-refractivity contribution in [2.24, 2.45) is 0 Å². The van der Waals surface area contributed by atoms with Gasteiger partial charge in [-0.25, -0.2) is 4.98 Å². The molecule has 5 rings (SSSR count). The molecule has 4 aromatic rings. The second-order valence-electron chi connectivity index (χ2n) is 5.43. The van der Waals surface area contributed by atoms with Crippen LogP contribution >= 0.6 is 0 Å². The van der Waals surface area contributed by atoms with Gasteiger partial charge in [0.2, 0.25) is 0 Å². The molecule has 0 N–H and O–H groups in total. The minimum Gasteiger partial charge on any atom is -0.341 e. The van der Waals surface area contributed by atoms with E-state index in [0.717, 1.165) is 5.65 Å². The van der Waals surface area contributed by atoms with E-state index in [4.69, 9.17) is 0 Å². The number of hydrogen-bond acceptors (Lipinski definition) is 2. The highest BCUT2D eigenvalue weighted by molar-refractivity contribution is 6.14. The highest BCUT2D eigenvalue weighted by atomic mass is 15.2. The van der Waals surface area contributed by atoms with Crippen LogP contribution in [0.2, 0.25) is 0 Å². The summed E-state index contributed by atoms with van der Waals surface area (Å²) in [5.41, 5.74) is 5.90. The summed E-state index contributed by atoms with van der Waals surface area (Å²) in [5.74, 6) is 0. The van der Waals surface area contributed by atoms with Crippen LogP contribution in [0.1, 0.15) is 0 Å². The van der Waals surface area contributed by atoms with E-state index >= 15 is 0 Å². The molecule has 0 unspecified atom stereocenters. The molecule has 3 heteroatoms. The van der Waals surface area contributed by atoms with Gasteiger partial charge in [0.25, 0.3) is 0 Å². The third-order valence-electron chi connectivity index (χ3n) is 4.37. The van der Waals surface area contributed by atoms with E-state index in [-0.39, 0.29) is 0 Å². The van der Waals surface area contributed by atoms with Gasteiger partial charge in [-0.3, -0.25) is 4.57 Å². The molecular formula is C18H13N3. The van der Waals surface area contributed by atoms with Crippen LogP contribution in [0.15, 0.2) is 60.8 Å². The average Bonchev–Trinajstić information content (AvgIpc) is 2.88. The Balaban J connectivity index is 2.13. The summed E-state index contributed by atoms with van der Waals surface area (Å²) in [6.07, 6.45) is 1.87. The molecule has 0 atom stereocenters. The van der Waals surface area contributed by atoms with Crippen molar-refractivity contribution >= 4 is 33.3 Å². The first-order valence-electron chi connectivity index (χ1n) is 7.07. The lowest BCUT2D eigenvalue weighted by molar-refractivity contribution is 1.07. The Morgan fingerprint density at radius 1 is 0.762 bits per heavy atom. The molecule has 0 radical (unpaired) electrons. The van der Waals surface area contributed by atoms with Crippen LogP contribution < -0.4 is 4.90 Å². The van der Waals surface area contributed by atoms with Gasteiger partial charge < -0.3 is 4.90 Å². The Kier molecular flexibility index (Phi) is 1.89. The first-order chi connectivity index (χ1) is 10.4. The molecule has 2 aromatic heterocycles. The topological polar surface area (TPSA) is 21.1 Å². The van der Waals surface area contributed by atoms with Gasteiger partial charge in [-0.15, -0.1) is 0 Å². The third-order valence-corrected chi connectivity index (χ3v) is 4.37. The van der Waals surface area contributed by atoms with Crippen molar-refractivity contribution in [3.8, 4) is 5.69 Å². The van der Waals surface area contributed by atoms with E-state index in [9.17, 15) is 0 Å². The number of hydrogen-bond donors (Lipinski definition) is 0. The molecule has 0 saturated carbocycles. The molecule has 0 saturated heterocycles. The zero-order chi connectivity index (χ0) is 14.0. The standard InChI is InChI=1S/C18H13N3/c1-20-14-8-2-3-9-15(14)21-17-12(6-4-10-16(17)20)13-7-5-11-19-18(13)21/h2-11H,1H3. The fourth-order valence-corrected chi connectivity index (χ4v) is 3.45. The van der Waals surface area contributed by atoms with E-state index in [0.29, 0.717) is 0 Å². The maximum Gasteiger partial charge on any atom is 0.145 e. The van der Waals surface area contributed by atoms with Crippen molar-refractivity contribution in [3.05, 3.63) is 60.8 Å². The minimum atomic E-state index is 1.03. The molecule has 1 aliphatic heterocycles. The van der Waals surface area contributed by atoms with Gasteiger partial charge in [-0.1, -0.05) is 24.3 Å². The molecule has 0 amide bonds. The van der Waals surface area contributed by atoms with Crippen molar-refractivity contribution in [3.63, 3.8) is 0 Å². The summed E-state index contributed by atoms with van der Waals surface area (Å²) in [5, 5.41) is 2.47. The first kappa shape index (κ1) is 10.9. The minimum absolute atomic E-state index is 1.03. The van der Waals surface area contributed by atoms with Crippen molar-refractivity contribution in [1.29, 1.82) is 0 Å². The lowest BCUT2D eigenvalue weighted by Gasteiger charge is -2.29. The second-order valence-corrected chi connectivity index (χ2v) is 5.43. The molecule has 2 aromatic carbocycles. The van der Waals surface area contributed by atoms with E-state index < -0.39 is 0 Å². The average molecular weight is 271 g/mol. The summed E-state index contributed by atoms with van der Waals surface area (Å²) in [6, 6.07) is 19.1. The van der Waals surface area contributed by atoms with Crippen molar-refractivity contribution in [2.45, 2.75) is 0 Å². The number of nitrogens with zero attached hydrogens (tertiary/aromatic N) is 3. The van der Waals surface area contributed by atoms with Gasteiger partial charge >= 0.3 is 0 Å². The molecule has 21 heavy (non-hydrogen) atoms. The molecule has 0 spiro atoms. The molecule has 0 bridgehead atoms. The Morgan fingerprint density at radius 3 is 2.43 bits per heavy atom. The monoisotopic (exact) mass is 271 g/mol.